The molecule has 0 fully saturated rings. The Morgan fingerprint density at radius 3 is 2.15 bits per heavy atom. The minimum Gasteiger partial charge on any atom is -0.508 e. The Kier molecular flexibility index (Phi) is 10.7. The number of likely N-dealkylation sites (N-methyl/N-ethyl adjacent to an activating group) is 1. The summed E-state index contributed by atoms with van der Waals surface area (Å²) >= 11 is 0. The predicted molar refractivity (Wildman–Crippen MR) is 129 cm³/mol. The lowest BCUT2D eigenvalue weighted by Crippen LogP contribution is -2.55. The van der Waals surface area contributed by atoms with E-state index in [0.717, 1.165) is 12.8 Å². The first-order valence-corrected chi connectivity index (χ1v) is 11.7. The number of benzene rings is 1. The average Bonchev–Trinajstić information content (AvgIpc) is 2.69. The molecular weight excluding hydrogens is 422 g/mol. The van der Waals surface area contributed by atoms with Crippen molar-refractivity contribution in [1.29, 1.82) is 0 Å². The number of amides is 3. The van der Waals surface area contributed by atoms with Gasteiger partial charge in [-0.05, 0) is 53.0 Å². The molecular formula is C25H41N3O5. The lowest BCUT2D eigenvalue weighted by molar-refractivity contribution is -0.143. The van der Waals surface area contributed by atoms with Gasteiger partial charge >= 0.3 is 6.09 Å². The highest BCUT2D eigenvalue weighted by atomic mass is 16.6. The largest absolute Gasteiger partial charge is 0.508 e. The van der Waals surface area contributed by atoms with E-state index in [9.17, 15) is 19.5 Å². The molecule has 3 N–H and O–H groups in total. The Balaban J connectivity index is 3.34. The first kappa shape index (κ1) is 28.3. The number of ether oxygens (including phenoxy) is 1. The summed E-state index contributed by atoms with van der Waals surface area (Å²) in [7, 11) is 0. The van der Waals surface area contributed by atoms with Gasteiger partial charge in [0.15, 0.2) is 0 Å². The van der Waals surface area contributed by atoms with E-state index in [0.29, 0.717) is 5.56 Å². The number of nitrogens with one attached hydrogen (secondary N) is 2. The second kappa shape index (κ2) is 12.5. The molecule has 33 heavy (non-hydrogen) atoms. The molecule has 0 saturated heterocycles. The zero-order valence-electron chi connectivity index (χ0n) is 21.3. The molecule has 0 radical (unpaired) electrons. The molecule has 0 aliphatic heterocycles. The van der Waals surface area contributed by atoms with E-state index in [1.807, 2.05) is 27.7 Å². The van der Waals surface area contributed by atoms with Crippen molar-refractivity contribution in [2.24, 2.45) is 5.92 Å². The van der Waals surface area contributed by atoms with Gasteiger partial charge in [0.2, 0.25) is 11.8 Å². The van der Waals surface area contributed by atoms with Crippen LogP contribution in [0.25, 0.3) is 0 Å². The number of phenolic OH excluding ortho intramolecular Hbond substituents is 1. The Labute approximate surface area is 198 Å². The summed E-state index contributed by atoms with van der Waals surface area (Å²) in [5, 5.41) is 16.1. The smallest absolute Gasteiger partial charge is 0.408 e. The van der Waals surface area contributed by atoms with Gasteiger partial charge in [-0.15, -0.1) is 0 Å². The van der Waals surface area contributed by atoms with Crippen LogP contribution in [0.1, 0.15) is 79.8 Å². The molecule has 0 bridgehead atoms. The molecule has 0 aliphatic carbocycles. The summed E-state index contributed by atoms with van der Waals surface area (Å²) in [5.74, 6) is -1.14. The average molecular weight is 464 g/mol. The summed E-state index contributed by atoms with van der Waals surface area (Å²) in [6, 6.07) is 4.44. The second-order valence-electron chi connectivity index (χ2n) is 9.65. The van der Waals surface area contributed by atoms with Crippen molar-refractivity contribution >= 4 is 17.9 Å². The van der Waals surface area contributed by atoms with Crippen molar-refractivity contribution in [3.05, 3.63) is 29.8 Å². The minimum absolute atomic E-state index is 0.0757. The van der Waals surface area contributed by atoms with Gasteiger partial charge in [0.1, 0.15) is 23.4 Å². The van der Waals surface area contributed by atoms with E-state index in [1.165, 1.54) is 11.0 Å². The van der Waals surface area contributed by atoms with Gasteiger partial charge in [-0.25, -0.2) is 4.79 Å². The van der Waals surface area contributed by atoms with Crippen molar-refractivity contribution < 1.29 is 24.2 Å². The lowest BCUT2D eigenvalue weighted by Gasteiger charge is -2.35. The molecule has 3 amide bonds. The summed E-state index contributed by atoms with van der Waals surface area (Å²) in [4.78, 5) is 40.8. The number of nitrogens with zero attached hydrogens (tertiary/aromatic N) is 1. The Bertz CT molecular complexity index is 803. The third-order valence-electron chi connectivity index (χ3n) is 5.13. The van der Waals surface area contributed by atoms with Gasteiger partial charge in [-0.2, -0.15) is 0 Å². The quantitative estimate of drug-likeness (QED) is 0.483. The van der Waals surface area contributed by atoms with E-state index < -0.39 is 29.7 Å². The van der Waals surface area contributed by atoms with Gasteiger partial charge in [0, 0.05) is 18.2 Å². The highest BCUT2D eigenvalue weighted by Gasteiger charge is 2.38. The van der Waals surface area contributed by atoms with E-state index >= 15 is 0 Å². The first-order chi connectivity index (χ1) is 15.3. The Morgan fingerprint density at radius 1 is 1.06 bits per heavy atom. The molecule has 0 aliphatic rings. The molecule has 1 aromatic carbocycles. The Morgan fingerprint density at radius 2 is 1.67 bits per heavy atom. The first-order valence-electron chi connectivity index (χ1n) is 11.7. The molecule has 0 heterocycles. The van der Waals surface area contributed by atoms with Gasteiger partial charge in [-0.3, -0.25) is 9.59 Å². The van der Waals surface area contributed by atoms with Crippen molar-refractivity contribution in [2.45, 2.75) is 92.0 Å². The third kappa shape index (κ3) is 8.59. The summed E-state index contributed by atoms with van der Waals surface area (Å²) in [6.07, 6.45) is 0.980. The normalized spacial score (nSPS) is 14.2. The predicted octanol–water partition coefficient (Wildman–Crippen LogP) is 4.14. The number of carbonyl (C=O) groups excluding carboxylic acids is 3. The molecule has 3 atom stereocenters. The van der Waals surface area contributed by atoms with Crippen LogP contribution < -0.4 is 10.6 Å². The van der Waals surface area contributed by atoms with Crippen LogP contribution in [-0.2, 0) is 14.3 Å². The van der Waals surface area contributed by atoms with Crippen molar-refractivity contribution in [3.63, 3.8) is 0 Å². The van der Waals surface area contributed by atoms with Crippen molar-refractivity contribution in [1.82, 2.24) is 15.5 Å². The van der Waals surface area contributed by atoms with Gasteiger partial charge in [0.25, 0.3) is 0 Å². The molecule has 8 nitrogen and oxygen atoms in total. The topological polar surface area (TPSA) is 108 Å². The SMILES string of the molecule is CCCC(C)NC(=O)C(c1ccccc1O)N(CC)C(=O)C(NC(=O)OC(C)(C)C)C(C)C. The zero-order chi connectivity index (χ0) is 25.3. The zero-order valence-corrected chi connectivity index (χ0v) is 21.3. The minimum atomic E-state index is -1.05. The van der Waals surface area contributed by atoms with Crippen LogP contribution in [-0.4, -0.2) is 52.1 Å². The van der Waals surface area contributed by atoms with Crippen LogP contribution >= 0.6 is 0 Å². The fourth-order valence-electron chi connectivity index (χ4n) is 3.59. The summed E-state index contributed by atoms with van der Waals surface area (Å²) in [6.45, 7) is 14.7. The van der Waals surface area contributed by atoms with E-state index in [1.54, 1.807) is 45.9 Å². The van der Waals surface area contributed by atoms with Crippen molar-refractivity contribution in [2.75, 3.05) is 6.54 Å². The number of alkyl carbamates (subject to hydrolysis) is 1. The molecule has 186 valence electrons. The monoisotopic (exact) mass is 463 g/mol. The highest BCUT2D eigenvalue weighted by Crippen LogP contribution is 2.30. The Hall–Kier alpha value is -2.77. The van der Waals surface area contributed by atoms with Crippen LogP contribution in [0.3, 0.4) is 0 Å². The van der Waals surface area contributed by atoms with Crippen LogP contribution in [0.15, 0.2) is 24.3 Å². The van der Waals surface area contributed by atoms with E-state index in [4.69, 9.17) is 4.74 Å². The van der Waals surface area contributed by atoms with Crippen LogP contribution in [0, 0.1) is 5.92 Å². The number of rotatable bonds is 10. The maximum absolute atomic E-state index is 13.7. The van der Waals surface area contributed by atoms with Gasteiger partial charge < -0.3 is 25.4 Å². The molecule has 8 heteroatoms. The van der Waals surface area contributed by atoms with Crippen molar-refractivity contribution in [3.8, 4) is 5.75 Å². The molecule has 0 saturated carbocycles. The van der Waals surface area contributed by atoms with Gasteiger partial charge in [0.05, 0.1) is 0 Å². The molecule has 3 unspecified atom stereocenters. The number of carbonyl (C=O) groups is 3. The number of phenols is 1. The molecule has 1 aromatic rings. The fourth-order valence-corrected chi connectivity index (χ4v) is 3.59. The fraction of sp³-hybridized carbons (Fsp3) is 0.640. The molecule has 0 aromatic heterocycles. The number of hydrogen-bond donors (Lipinski definition) is 3. The van der Waals surface area contributed by atoms with E-state index in [2.05, 4.69) is 10.6 Å². The second-order valence-corrected chi connectivity index (χ2v) is 9.65. The standard InChI is InChI=1S/C25H41N3O5/c1-9-13-17(5)26-22(30)21(18-14-11-12-15-19(18)29)28(10-2)23(31)20(16(3)4)27-24(32)33-25(6,7)8/h11-12,14-17,20-21,29H,9-10,13H2,1-8H3,(H,26,30)(H,27,32). The third-order valence-corrected chi connectivity index (χ3v) is 5.13. The maximum atomic E-state index is 13.7. The van der Waals surface area contributed by atoms with Crippen LogP contribution in [0.2, 0.25) is 0 Å². The van der Waals surface area contributed by atoms with Crippen LogP contribution in [0.5, 0.6) is 5.75 Å². The number of para-hydroxylation sites is 1. The van der Waals surface area contributed by atoms with Crippen LogP contribution in [0.4, 0.5) is 4.79 Å². The lowest BCUT2D eigenvalue weighted by atomic mass is 9.98. The summed E-state index contributed by atoms with van der Waals surface area (Å²) < 4.78 is 5.33. The van der Waals surface area contributed by atoms with Gasteiger partial charge in [-0.1, -0.05) is 45.4 Å². The number of aromatic hydroxyl groups is 1. The number of hydrogen-bond acceptors (Lipinski definition) is 5. The maximum Gasteiger partial charge on any atom is 0.408 e. The molecule has 0 spiro atoms. The van der Waals surface area contributed by atoms with E-state index in [-0.39, 0.29) is 30.2 Å². The highest BCUT2D eigenvalue weighted by molar-refractivity contribution is 5.92. The molecule has 1 rings (SSSR count). The summed E-state index contributed by atoms with van der Waals surface area (Å²) in [5.41, 5.74) is -0.388.